The maximum atomic E-state index is 11.4. The molecule has 0 saturated carbocycles. The summed E-state index contributed by atoms with van der Waals surface area (Å²) in [4.78, 5) is 14.4. The van der Waals surface area contributed by atoms with Crippen molar-refractivity contribution in [2.75, 3.05) is 18.8 Å². The van der Waals surface area contributed by atoms with E-state index in [1.54, 1.807) is 16.7 Å². The Bertz CT molecular complexity index is 225. The van der Waals surface area contributed by atoms with E-state index in [4.69, 9.17) is 5.73 Å². The third-order valence-corrected chi connectivity index (χ3v) is 3.10. The van der Waals surface area contributed by atoms with Gasteiger partial charge in [0.2, 0.25) is 5.91 Å². The van der Waals surface area contributed by atoms with Crippen LogP contribution in [0.15, 0.2) is 10.6 Å². The second-order valence-corrected chi connectivity index (χ2v) is 3.95. The molecule has 0 aromatic carbocycles. The van der Waals surface area contributed by atoms with E-state index < -0.39 is 0 Å². The molecule has 1 rings (SSSR count). The molecule has 0 saturated heterocycles. The second kappa shape index (κ2) is 3.96. The number of nitrogens with zero attached hydrogens (tertiary/aromatic N) is 1. The van der Waals surface area contributed by atoms with E-state index >= 15 is 0 Å². The van der Waals surface area contributed by atoms with E-state index in [1.807, 2.05) is 13.8 Å². The van der Waals surface area contributed by atoms with E-state index in [2.05, 4.69) is 0 Å². The van der Waals surface area contributed by atoms with Crippen LogP contribution in [0.2, 0.25) is 0 Å². The Morgan fingerprint density at radius 2 is 2.25 bits per heavy atom. The number of rotatable bonds is 2. The van der Waals surface area contributed by atoms with Crippen LogP contribution in [0.3, 0.4) is 0 Å². The van der Waals surface area contributed by atoms with E-state index in [1.165, 1.54) is 4.91 Å². The highest BCUT2D eigenvalue weighted by atomic mass is 32.2. The molecule has 4 heteroatoms. The summed E-state index contributed by atoms with van der Waals surface area (Å²) in [6.45, 7) is 5.18. The Morgan fingerprint density at radius 3 is 2.83 bits per heavy atom. The van der Waals surface area contributed by atoms with Crippen LogP contribution in [0.1, 0.15) is 13.8 Å². The van der Waals surface area contributed by atoms with Gasteiger partial charge in [-0.15, -0.1) is 11.8 Å². The van der Waals surface area contributed by atoms with Gasteiger partial charge in [0.05, 0.1) is 5.75 Å². The minimum Gasteiger partial charge on any atom is -0.329 e. The van der Waals surface area contributed by atoms with Crippen molar-refractivity contribution in [2.45, 2.75) is 13.8 Å². The Hall–Kier alpha value is -0.480. The molecule has 0 fully saturated rings. The fraction of sp³-hybridized carbons (Fsp3) is 0.625. The van der Waals surface area contributed by atoms with Crippen LogP contribution in [0.25, 0.3) is 0 Å². The van der Waals surface area contributed by atoms with Crippen molar-refractivity contribution >= 4 is 17.7 Å². The van der Waals surface area contributed by atoms with Crippen LogP contribution in [0.5, 0.6) is 0 Å². The van der Waals surface area contributed by atoms with Gasteiger partial charge in [0.15, 0.2) is 0 Å². The number of carbonyl (C=O) groups excluding carboxylic acids is 1. The SMILES string of the molecule is CC1=C(C)N(CCN)C(=O)CS1. The summed E-state index contributed by atoms with van der Waals surface area (Å²) in [5.41, 5.74) is 6.46. The minimum atomic E-state index is 0.175. The molecule has 68 valence electrons. The standard InChI is InChI=1S/C8H14N2OS/c1-6-7(2)12-5-8(11)10(6)4-3-9/h3-5,9H2,1-2H3. The highest BCUT2D eigenvalue weighted by Crippen LogP contribution is 2.26. The minimum absolute atomic E-state index is 0.175. The van der Waals surface area contributed by atoms with Crippen molar-refractivity contribution in [3.05, 3.63) is 10.6 Å². The van der Waals surface area contributed by atoms with Crippen molar-refractivity contribution in [3.8, 4) is 0 Å². The highest BCUT2D eigenvalue weighted by molar-refractivity contribution is 8.03. The zero-order chi connectivity index (χ0) is 9.14. The molecular formula is C8H14N2OS. The van der Waals surface area contributed by atoms with Crippen LogP contribution >= 0.6 is 11.8 Å². The molecule has 0 atom stereocenters. The molecule has 3 nitrogen and oxygen atoms in total. The smallest absolute Gasteiger partial charge is 0.237 e. The van der Waals surface area contributed by atoms with Crippen LogP contribution in [-0.2, 0) is 4.79 Å². The third kappa shape index (κ3) is 1.81. The van der Waals surface area contributed by atoms with Gasteiger partial charge in [-0.1, -0.05) is 0 Å². The monoisotopic (exact) mass is 186 g/mol. The average molecular weight is 186 g/mol. The fourth-order valence-corrected chi connectivity index (χ4v) is 1.97. The normalized spacial score (nSPS) is 18.9. The van der Waals surface area contributed by atoms with Gasteiger partial charge in [0.25, 0.3) is 0 Å². The maximum absolute atomic E-state index is 11.4. The van der Waals surface area contributed by atoms with Crippen molar-refractivity contribution in [1.29, 1.82) is 0 Å². The summed E-state index contributed by atoms with van der Waals surface area (Å²) in [5.74, 6) is 0.733. The predicted molar refractivity (Wildman–Crippen MR) is 51.6 cm³/mol. The van der Waals surface area contributed by atoms with Crippen molar-refractivity contribution in [1.82, 2.24) is 4.90 Å². The molecule has 0 bridgehead atoms. The molecular weight excluding hydrogens is 172 g/mol. The predicted octanol–water partition coefficient (Wildman–Crippen LogP) is 0.772. The van der Waals surface area contributed by atoms with Gasteiger partial charge in [0.1, 0.15) is 0 Å². The van der Waals surface area contributed by atoms with Gasteiger partial charge in [-0.25, -0.2) is 0 Å². The summed E-state index contributed by atoms with van der Waals surface area (Å²) in [6.07, 6.45) is 0. The van der Waals surface area contributed by atoms with Gasteiger partial charge in [-0.2, -0.15) is 0 Å². The quantitative estimate of drug-likeness (QED) is 0.693. The van der Waals surface area contributed by atoms with E-state index in [9.17, 15) is 4.79 Å². The first-order chi connectivity index (χ1) is 5.66. The molecule has 0 aliphatic carbocycles. The molecule has 1 heterocycles. The van der Waals surface area contributed by atoms with E-state index in [-0.39, 0.29) is 5.91 Å². The van der Waals surface area contributed by atoms with Gasteiger partial charge >= 0.3 is 0 Å². The zero-order valence-corrected chi connectivity index (χ0v) is 8.28. The lowest BCUT2D eigenvalue weighted by Crippen LogP contribution is -2.37. The van der Waals surface area contributed by atoms with Crippen molar-refractivity contribution < 1.29 is 4.79 Å². The van der Waals surface area contributed by atoms with Crippen LogP contribution in [0.4, 0.5) is 0 Å². The first-order valence-corrected chi connectivity index (χ1v) is 4.96. The summed E-state index contributed by atoms with van der Waals surface area (Å²) in [6, 6.07) is 0. The van der Waals surface area contributed by atoms with Gasteiger partial charge in [-0.3, -0.25) is 4.79 Å². The highest BCUT2D eigenvalue weighted by Gasteiger charge is 2.21. The van der Waals surface area contributed by atoms with Crippen molar-refractivity contribution in [2.24, 2.45) is 5.73 Å². The number of hydrogen-bond acceptors (Lipinski definition) is 3. The topological polar surface area (TPSA) is 46.3 Å². The average Bonchev–Trinajstić information content (AvgIpc) is 2.06. The first kappa shape index (κ1) is 9.61. The molecule has 1 amide bonds. The molecule has 1 aliphatic rings. The number of thioether (sulfide) groups is 1. The van der Waals surface area contributed by atoms with Crippen LogP contribution in [-0.4, -0.2) is 29.6 Å². The number of carbonyl (C=O) groups is 1. The molecule has 0 unspecified atom stereocenters. The third-order valence-electron chi connectivity index (χ3n) is 1.98. The molecule has 2 N–H and O–H groups in total. The molecule has 0 aromatic rings. The number of nitrogens with two attached hydrogens (primary N) is 1. The molecule has 0 radical (unpaired) electrons. The molecule has 0 spiro atoms. The number of allylic oxidation sites excluding steroid dienone is 2. The Morgan fingerprint density at radius 1 is 1.58 bits per heavy atom. The lowest BCUT2D eigenvalue weighted by molar-refractivity contribution is -0.126. The Labute approximate surface area is 77.0 Å². The van der Waals surface area contributed by atoms with E-state index in [0.717, 1.165) is 5.70 Å². The largest absolute Gasteiger partial charge is 0.329 e. The number of hydrogen-bond donors (Lipinski definition) is 1. The van der Waals surface area contributed by atoms with Gasteiger partial charge in [0, 0.05) is 23.7 Å². The number of amides is 1. The van der Waals surface area contributed by atoms with Gasteiger partial charge < -0.3 is 10.6 Å². The second-order valence-electron chi connectivity index (χ2n) is 2.76. The molecule has 12 heavy (non-hydrogen) atoms. The van der Waals surface area contributed by atoms with Gasteiger partial charge in [-0.05, 0) is 13.8 Å². The summed E-state index contributed by atoms with van der Waals surface area (Å²) < 4.78 is 0. The Balaban J connectivity index is 2.78. The summed E-state index contributed by atoms with van der Waals surface area (Å²) >= 11 is 1.61. The van der Waals surface area contributed by atoms with E-state index in [0.29, 0.717) is 18.8 Å². The first-order valence-electron chi connectivity index (χ1n) is 3.97. The lowest BCUT2D eigenvalue weighted by atomic mass is 10.3. The molecule has 1 aliphatic heterocycles. The fourth-order valence-electron chi connectivity index (χ4n) is 1.15. The summed E-state index contributed by atoms with van der Waals surface area (Å²) in [5, 5.41) is 0. The Kier molecular flexibility index (Phi) is 3.17. The zero-order valence-electron chi connectivity index (χ0n) is 7.46. The van der Waals surface area contributed by atoms with Crippen LogP contribution < -0.4 is 5.73 Å². The summed E-state index contributed by atoms with van der Waals surface area (Å²) in [7, 11) is 0. The van der Waals surface area contributed by atoms with Crippen LogP contribution in [0, 0.1) is 0 Å². The molecule has 0 aromatic heterocycles. The maximum Gasteiger partial charge on any atom is 0.237 e. The van der Waals surface area contributed by atoms with Crippen molar-refractivity contribution in [3.63, 3.8) is 0 Å². The lowest BCUT2D eigenvalue weighted by Gasteiger charge is -2.28.